The van der Waals surface area contributed by atoms with Gasteiger partial charge in [-0.05, 0) is 25.8 Å². The molecule has 1 heterocycles. The van der Waals surface area contributed by atoms with Crippen molar-refractivity contribution in [2.24, 2.45) is 5.92 Å². The Hall–Kier alpha value is -0.650. The lowest BCUT2D eigenvalue weighted by Gasteiger charge is -2.38. The molecule has 1 aliphatic carbocycles. The first-order valence-electron chi connectivity index (χ1n) is 7.99. The van der Waals surface area contributed by atoms with Crippen molar-refractivity contribution in [2.75, 3.05) is 46.4 Å². The Labute approximate surface area is 122 Å². The van der Waals surface area contributed by atoms with Crippen molar-refractivity contribution < 1.29 is 9.90 Å². The van der Waals surface area contributed by atoms with Gasteiger partial charge in [0.05, 0.1) is 13.2 Å². The molecule has 5 heteroatoms. The van der Waals surface area contributed by atoms with Crippen molar-refractivity contribution in [1.82, 2.24) is 15.1 Å². The molecule has 0 radical (unpaired) electrons. The number of hydrogen-bond acceptors (Lipinski definition) is 4. The summed E-state index contributed by atoms with van der Waals surface area (Å²) in [4.78, 5) is 16.3. The molecule has 2 aliphatic rings. The van der Waals surface area contributed by atoms with Gasteiger partial charge in [-0.2, -0.15) is 0 Å². The van der Waals surface area contributed by atoms with Crippen LogP contribution in [0.3, 0.4) is 0 Å². The SMILES string of the molecule is CN1CCN(CC(=O)NCC2CCCCC2)C[C@H]1CO. The lowest BCUT2D eigenvalue weighted by Crippen LogP contribution is -2.55. The predicted molar refractivity (Wildman–Crippen MR) is 79.5 cm³/mol. The maximum atomic E-state index is 12.0. The monoisotopic (exact) mass is 283 g/mol. The van der Waals surface area contributed by atoms with Gasteiger partial charge in [0, 0.05) is 32.2 Å². The number of nitrogens with zero attached hydrogens (tertiary/aromatic N) is 2. The predicted octanol–water partition coefficient (Wildman–Crippen LogP) is 0.291. The van der Waals surface area contributed by atoms with Crippen LogP contribution in [0.15, 0.2) is 0 Å². The smallest absolute Gasteiger partial charge is 0.234 e. The molecule has 20 heavy (non-hydrogen) atoms. The summed E-state index contributed by atoms with van der Waals surface area (Å²) in [6, 6.07) is 0.162. The molecule has 1 saturated heterocycles. The summed E-state index contributed by atoms with van der Waals surface area (Å²) in [5.41, 5.74) is 0. The molecule has 1 atom stereocenters. The highest BCUT2D eigenvalue weighted by Gasteiger charge is 2.25. The Morgan fingerprint density at radius 1 is 1.25 bits per heavy atom. The Bertz CT molecular complexity index is 305. The molecule has 0 aromatic heterocycles. The third-order valence-electron chi connectivity index (χ3n) is 4.75. The van der Waals surface area contributed by atoms with Crippen molar-refractivity contribution in [3.8, 4) is 0 Å². The molecule has 5 nitrogen and oxygen atoms in total. The second-order valence-electron chi connectivity index (χ2n) is 6.36. The van der Waals surface area contributed by atoms with E-state index in [2.05, 4.69) is 15.1 Å². The van der Waals surface area contributed by atoms with Gasteiger partial charge in [-0.1, -0.05) is 19.3 Å². The highest BCUT2D eigenvalue weighted by molar-refractivity contribution is 5.78. The molecule has 2 N–H and O–H groups in total. The van der Waals surface area contributed by atoms with E-state index in [0.717, 1.165) is 26.2 Å². The van der Waals surface area contributed by atoms with E-state index in [1.54, 1.807) is 0 Å². The number of piperazine rings is 1. The minimum absolute atomic E-state index is 0.136. The molecule has 2 fully saturated rings. The average Bonchev–Trinajstić information content (AvgIpc) is 2.48. The highest BCUT2D eigenvalue weighted by atomic mass is 16.3. The van der Waals surface area contributed by atoms with Crippen LogP contribution in [-0.4, -0.2) is 73.2 Å². The number of nitrogens with one attached hydrogen (secondary N) is 1. The third-order valence-corrected chi connectivity index (χ3v) is 4.75. The van der Waals surface area contributed by atoms with Crippen LogP contribution < -0.4 is 5.32 Å². The summed E-state index contributed by atoms with van der Waals surface area (Å²) in [6.45, 7) is 4.08. The van der Waals surface area contributed by atoms with E-state index in [1.165, 1.54) is 32.1 Å². The van der Waals surface area contributed by atoms with Crippen molar-refractivity contribution in [2.45, 2.75) is 38.1 Å². The van der Waals surface area contributed by atoms with Gasteiger partial charge < -0.3 is 10.4 Å². The second-order valence-corrected chi connectivity index (χ2v) is 6.36. The molecule has 1 saturated carbocycles. The lowest BCUT2D eigenvalue weighted by molar-refractivity contribution is -0.123. The second kappa shape index (κ2) is 7.96. The fourth-order valence-electron chi connectivity index (χ4n) is 3.26. The standard InChI is InChI=1S/C15H29N3O2/c1-17-7-8-18(10-14(17)12-19)11-15(20)16-9-13-5-3-2-4-6-13/h13-14,19H,2-12H2,1H3,(H,16,20)/t14-/m0/s1. The first-order valence-corrected chi connectivity index (χ1v) is 7.99. The molecule has 0 aromatic rings. The van der Waals surface area contributed by atoms with Crippen LogP contribution in [0.1, 0.15) is 32.1 Å². The number of carbonyl (C=O) groups is 1. The third kappa shape index (κ3) is 4.72. The van der Waals surface area contributed by atoms with Crippen molar-refractivity contribution in [3.63, 3.8) is 0 Å². The minimum atomic E-state index is 0.136. The van der Waals surface area contributed by atoms with Gasteiger partial charge >= 0.3 is 0 Å². The molecule has 116 valence electrons. The van der Waals surface area contributed by atoms with Crippen molar-refractivity contribution >= 4 is 5.91 Å². The van der Waals surface area contributed by atoms with Crippen LogP contribution in [0.4, 0.5) is 0 Å². The number of aliphatic hydroxyl groups is 1. The van der Waals surface area contributed by atoms with Gasteiger partial charge in [-0.15, -0.1) is 0 Å². The van der Waals surface area contributed by atoms with Crippen molar-refractivity contribution in [3.05, 3.63) is 0 Å². The molecule has 0 aromatic carbocycles. The Morgan fingerprint density at radius 2 is 2.00 bits per heavy atom. The maximum absolute atomic E-state index is 12.0. The Morgan fingerprint density at radius 3 is 2.70 bits per heavy atom. The summed E-state index contributed by atoms with van der Waals surface area (Å²) in [5, 5.41) is 12.4. The molecule has 0 unspecified atom stereocenters. The highest BCUT2D eigenvalue weighted by Crippen LogP contribution is 2.22. The summed E-state index contributed by atoms with van der Waals surface area (Å²) in [5.74, 6) is 0.821. The van der Waals surface area contributed by atoms with Crippen LogP contribution >= 0.6 is 0 Å². The number of carbonyl (C=O) groups excluding carboxylic acids is 1. The summed E-state index contributed by atoms with van der Waals surface area (Å²) < 4.78 is 0. The molecule has 0 bridgehead atoms. The quantitative estimate of drug-likeness (QED) is 0.761. The minimum Gasteiger partial charge on any atom is -0.395 e. The van der Waals surface area contributed by atoms with Crippen molar-refractivity contribution in [1.29, 1.82) is 0 Å². The van der Waals surface area contributed by atoms with Gasteiger partial charge in [0.15, 0.2) is 0 Å². The number of rotatable bonds is 5. The molecule has 1 aliphatic heterocycles. The van der Waals surface area contributed by atoms with Crippen LogP contribution in [0.2, 0.25) is 0 Å². The lowest BCUT2D eigenvalue weighted by atomic mass is 9.89. The van der Waals surface area contributed by atoms with Gasteiger partial charge in [0.2, 0.25) is 5.91 Å². The largest absolute Gasteiger partial charge is 0.395 e. The van der Waals surface area contributed by atoms with E-state index in [-0.39, 0.29) is 18.6 Å². The fourth-order valence-corrected chi connectivity index (χ4v) is 3.26. The number of aliphatic hydroxyl groups excluding tert-OH is 1. The number of amides is 1. The van der Waals surface area contributed by atoms with Gasteiger partial charge in [-0.25, -0.2) is 0 Å². The van der Waals surface area contributed by atoms with E-state index < -0.39 is 0 Å². The normalized spacial score (nSPS) is 26.6. The van der Waals surface area contributed by atoms with E-state index in [9.17, 15) is 9.90 Å². The molecular formula is C15H29N3O2. The maximum Gasteiger partial charge on any atom is 0.234 e. The van der Waals surface area contributed by atoms with Gasteiger partial charge in [0.25, 0.3) is 0 Å². The molecular weight excluding hydrogens is 254 g/mol. The summed E-state index contributed by atoms with van der Waals surface area (Å²) in [7, 11) is 2.03. The Kier molecular flexibility index (Phi) is 6.26. The first-order chi connectivity index (χ1) is 9.69. The fraction of sp³-hybridized carbons (Fsp3) is 0.933. The topological polar surface area (TPSA) is 55.8 Å². The number of likely N-dealkylation sites (N-methyl/N-ethyl adjacent to an activating group) is 1. The van der Waals surface area contributed by atoms with E-state index in [0.29, 0.717) is 12.5 Å². The molecule has 2 rings (SSSR count). The average molecular weight is 283 g/mol. The number of hydrogen-bond donors (Lipinski definition) is 2. The molecule has 0 spiro atoms. The first kappa shape index (κ1) is 15.7. The zero-order chi connectivity index (χ0) is 14.4. The van der Waals surface area contributed by atoms with E-state index in [4.69, 9.17) is 0 Å². The van der Waals surface area contributed by atoms with Gasteiger partial charge in [-0.3, -0.25) is 14.6 Å². The van der Waals surface area contributed by atoms with Crippen LogP contribution in [0, 0.1) is 5.92 Å². The van der Waals surface area contributed by atoms with Crippen LogP contribution in [0.5, 0.6) is 0 Å². The zero-order valence-corrected chi connectivity index (χ0v) is 12.7. The van der Waals surface area contributed by atoms with Crippen LogP contribution in [0.25, 0.3) is 0 Å². The van der Waals surface area contributed by atoms with E-state index >= 15 is 0 Å². The zero-order valence-electron chi connectivity index (χ0n) is 12.7. The molecule has 1 amide bonds. The summed E-state index contributed by atoms with van der Waals surface area (Å²) >= 11 is 0. The van der Waals surface area contributed by atoms with Gasteiger partial charge in [0.1, 0.15) is 0 Å². The summed E-state index contributed by atoms with van der Waals surface area (Å²) in [6.07, 6.45) is 6.52. The van der Waals surface area contributed by atoms with Crippen LogP contribution in [-0.2, 0) is 4.79 Å². The Balaban J connectivity index is 1.66. The van der Waals surface area contributed by atoms with E-state index in [1.807, 2.05) is 7.05 Å².